The van der Waals surface area contributed by atoms with Crippen LogP contribution in [0.3, 0.4) is 0 Å². The van der Waals surface area contributed by atoms with Gasteiger partial charge in [-0.1, -0.05) is 13.8 Å². The minimum Gasteiger partial charge on any atom is -0.353 e. The Bertz CT molecular complexity index is 195. The summed E-state index contributed by atoms with van der Waals surface area (Å²) in [5.41, 5.74) is 5.41. The van der Waals surface area contributed by atoms with Gasteiger partial charge in [0.1, 0.15) is 0 Å². The Morgan fingerprint density at radius 2 is 1.94 bits per heavy atom. The van der Waals surface area contributed by atoms with Crippen LogP contribution in [0, 0.1) is 5.92 Å². The molecule has 3 N–H and O–H groups in total. The molecule has 0 bridgehead atoms. The summed E-state index contributed by atoms with van der Waals surface area (Å²) in [5.74, 6) is 0.784. The molecule has 0 aromatic heterocycles. The number of nitrogens with one attached hydrogen (secondary N) is 1. The van der Waals surface area contributed by atoms with Crippen molar-refractivity contribution in [3.05, 3.63) is 0 Å². The minimum absolute atomic E-state index is 0.0900. The van der Waals surface area contributed by atoms with E-state index in [1.807, 2.05) is 11.9 Å². The van der Waals surface area contributed by atoms with E-state index in [0.717, 1.165) is 19.4 Å². The first-order valence-corrected chi connectivity index (χ1v) is 6.13. The summed E-state index contributed by atoms with van der Waals surface area (Å²) in [7, 11) is 1.91. The smallest absolute Gasteiger partial charge is 0.234 e. The first-order chi connectivity index (χ1) is 7.45. The zero-order valence-electron chi connectivity index (χ0n) is 11.1. The molecule has 0 rings (SSSR count). The Morgan fingerprint density at radius 3 is 2.44 bits per heavy atom. The summed E-state index contributed by atoms with van der Waals surface area (Å²) in [6.07, 6.45) is 2.20. The molecule has 16 heavy (non-hydrogen) atoms. The zero-order chi connectivity index (χ0) is 12.6. The summed E-state index contributed by atoms with van der Waals surface area (Å²) in [6.45, 7) is 8.24. The lowest BCUT2D eigenvalue weighted by atomic mass is 10.0. The molecule has 4 heteroatoms. The molecule has 1 unspecified atom stereocenters. The Labute approximate surface area is 99.6 Å². The van der Waals surface area contributed by atoms with Gasteiger partial charge in [0.25, 0.3) is 0 Å². The van der Waals surface area contributed by atoms with Crippen LogP contribution in [-0.4, -0.2) is 43.5 Å². The third-order valence-electron chi connectivity index (χ3n) is 2.51. The number of nitrogens with zero attached hydrogens (tertiary/aromatic N) is 1. The number of hydrogen-bond acceptors (Lipinski definition) is 3. The van der Waals surface area contributed by atoms with Crippen molar-refractivity contribution in [2.24, 2.45) is 11.7 Å². The van der Waals surface area contributed by atoms with E-state index in [-0.39, 0.29) is 11.9 Å². The van der Waals surface area contributed by atoms with Crippen molar-refractivity contribution in [2.75, 3.05) is 26.7 Å². The van der Waals surface area contributed by atoms with Crippen LogP contribution in [0.5, 0.6) is 0 Å². The summed E-state index contributed by atoms with van der Waals surface area (Å²) < 4.78 is 0. The van der Waals surface area contributed by atoms with E-state index in [2.05, 4.69) is 26.1 Å². The second-order valence-corrected chi connectivity index (χ2v) is 4.97. The fraction of sp³-hybridized carbons (Fsp3) is 0.917. The maximum Gasteiger partial charge on any atom is 0.234 e. The van der Waals surface area contributed by atoms with Gasteiger partial charge in [-0.3, -0.25) is 9.69 Å². The van der Waals surface area contributed by atoms with Gasteiger partial charge in [0, 0.05) is 19.1 Å². The van der Waals surface area contributed by atoms with E-state index in [1.54, 1.807) is 0 Å². The third-order valence-corrected chi connectivity index (χ3v) is 2.51. The van der Waals surface area contributed by atoms with Gasteiger partial charge in [-0.25, -0.2) is 0 Å². The van der Waals surface area contributed by atoms with Crippen LogP contribution in [0.4, 0.5) is 0 Å². The maximum atomic E-state index is 11.6. The second-order valence-electron chi connectivity index (χ2n) is 4.97. The molecule has 0 aliphatic rings. The molecule has 0 saturated heterocycles. The van der Waals surface area contributed by atoms with Crippen molar-refractivity contribution < 1.29 is 4.79 Å². The standard InChI is InChI=1S/C12H27N3O/c1-10(2)5-6-11(3)14-12(16)9-15(4)8-7-13/h10-11H,5-9,13H2,1-4H3,(H,14,16). The number of carbonyl (C=O) groups excluding carboxylic acids is 1. The van der Waals surface area contributed by atoms with Gasteiger partial charge in [0.05, 0.1) is 6.54 Å². The number of nitrogens with two attached hydrogens (primary N) is 1. The Balaban J connectivity index is 3.69. The fourth-order valence-corrected chi connectivity index (χ4v) is 1.52. The number of amides is 1. The van der Waals surface area contributed by atoms with Crippen molar-refractivity contribution in [1.82, 2.24) is 10.2 Å². The largest absolute Gasteiger partial charge is 0.353 e. The van der Waals surface area contributed by atoms with Gasteiger partial charge in [-0.15, -0.1) is 0 Å². The molecule has 1 atom stereocenters. The molecule has 0 aliphatic carbocycles. The van der Waals surface area contributed by atoms with Crippen molar-refractivity contribution in [1.29, 1.82) is 0 Å². The zero-order valence-corrected chi connectivity index (χ0v) is 11.1. The molecule has 96 valence electrons. The SMILES string of the molecule is CC(C)CCC(C)NC(=O)CN(C)CCN. The normalized spacial score (nSPS) is 13.2. The van der Waals surface area contributed by atoms with Crippen LogP contribution in [0.15, 0.2) is 0 Å². The topological polar surface area (TPSA) is 58.4 Å². The van der Waals surface area contributed by atoms with E-state index < -0.39 is 0 Å². The first-order valence-electron chi connectivity index (χ1n) is 6.13. The quantitative estimate of drug-likeness (QED) is 0.648. The number of rotatable bonds is 8. The number of carbonyl (C=O) groups is 1. The number of hydrogen-bond donors (Lipinski definition) is 2. The molecule has 0 fully saturated rings. The van der Waals surface area contributed by atoms with Crippen molar-refractivity contribution in [3.63, 3.8) is 0 Å². The molecule has 0 aromatic rings. The van der Waals surface area contributed by atoms with Crippen LogP contribution in [0.1, 0.15) is 33.6 Å². The van der Waals surface area contributed by atoms with Crippen LogP contribution >= 0.6 is 0 Å². The molecule has 0 aliphatic heterocycles. The van der Waals surface area contributed by atoms with E-state index in [0.29, 0.717) is 19.0 Å². The van der Waals surface area contributed by atoms with Gasteiger partial charge >= 0.3 is 0 Å². The van der Waals surface area contributed by atoms with Gasteiger partial charge < -0.3 is 11.1 Å². The van der Waals surface area contributed by atoms with Crippen LogP contribution in [0.25, 0.3) is 0 Å². The molecule has 0 spiro atoms. The van der Waals surface area contributed by atoms with E-state index in [4.69, 9.17) is 5.73 Å². The lowest BCUT2D eigenvalue weighted by molar-refractivity contribution is -0.122. The van der Waals surface area contributed by atoms with E-state index >= 15 is 0 Å². The molecular formula is C12H27N3O. The predicted molar refractivity (Wildman–Crippen MR) is 68.2 cm³/mol. The minimum atomic E-state index is 0.0900. The van der Waals surface area contributed by atoms with Crippen molar-refractivity contribution >= 4 is 5.91 Å². The van der Waals surface area contributed by atoms with Gasteiger partial charge in [0.15, 0.2) is 0 Å². The monoisotopic (exact) mass is 229 g/mol. The van der Waals surface area contributed by atoms with Gasteiger partial charge in [0.2, 0.25) is 5.91 Å². The highest BCUT2D eigenvalue weighted by Crippen LogP contribution is 2.06. The summed E-state index contributed by atoms with van der Waals surface area (Å²) in [6, 6.07) is 0.265. The Kier molecular flexibility index (Phi) is 8.21. The highest BCUT2D eigenvalue weighted by molar-refractivity contribution is 5.78. The second kappa shape index (κ2) is 8.53. The molecular weight excluding hydrogens is 202 g/mol. The molecule has 0 aromatic carbocycles. The van der Waals surface area contributed by atoms with Crippen LogP contribution in [-0.2, 0) is 4.79 Å². The average Bonchev–Trinajstić information content (AvgIpc) is 2.14. The lowest BCUT2D eigenvalue weighted by Crippen LogP contribution is -2.41. The van der Waals surface area contributed by atoms with Crippen molar-refractivity contribution in [2.45, 2.75) is 39.7 Å². The summed E-state index contributed by atoms with van der Waals surface area (Å²) in [4.78, 5) is 13.5. The molecule has 0 saturated carbocycles. The highest BCUT2D eigenvalue weighted by atomic mass is 16.2. The van der Waals surface area contributed by atoms with Crippen molar-refractivity contribution in [3.8, 4) is 0 Å². The van der Waals surface area contributed by atoms with E-state index in [9.17, 15) is 4.79 Å². The molecule has 4 nitrogen and oxygen atoms in total. The lowest BCUT2D eigenvalue weighted by Gasteiger charge is -2.18. The average molecular weight is 229 g/mol. The maximum absolute atomic E-state index is 11.6. The number of likely N-dealkylation sites (N-methyl/N-ethyl adjacent to an activating group) is 1. The van der Waals surface area contributed by atoms with E-state index in [1.165, 1.54) is 0 Å². The van der Waals surface area contributed by atoms with Crippen LogP contribution < -0.4 is 11.1 Å². The molecule has 1 amide bonds. The fourth-order valence-electron chi connectivity index (χ4n) is 1.52. The highest BCUT2D eigenvalue weighted by Gasteiger charge is 2.09. The van der Waals surface area contributed by atoms with Gasteiger partial charge in [-0.2, -0.15) is 0 Å². The van der Waals surface area contributed by atoms with Gasteiger partial charge in [-0.05, 0) is 32.7 Å². The third kappa shape index (κ3) is 8.68. The molecule has 0 heterocycles. The summed E-state index contributed by atoms with van der Waals surface area (Å²) in [5, 5.41) is 3.00. The first kappa shape index (κ1) is 15.4. The Hall–Kier alpha value is -0.610. The molecule has 0 radical (unpaired) electrons. The summed E-state index contributed by atoms with van der Waals surface area (Å²) >= 11 is 0. The van der Waals surface area contributed by atoms with Crippen LogP contribution in [0.2, 0.25) is 0 Å². The Morgan fingerprint density at radius 1 is 1.31 bits per heavy atom. The predicted octanol–water partition coefficient (Wildman–Crippen LogP) is 0.818.